The van der Waals surface area contributed by atoms with Gasteiger partial charge in [-0.1, -0.05) is 24.3 Å². The Labute approximate surface area is 197 Å². The minimum Gasteiger partial charge on any atom is -0.507 e. The Morgan fingerprint density at radius 2 is 1.66 bits per heavy atom. The number of aliphatic hydroxyl groups excluding tert-OH is 1. The molecule has 1 aliphatic rings. The first kappa shape index (κ1) is 24.0. The Morgan fingerprint density at radius 1 is 1.00 bits per heavy atom. The van der Waals surface area contributed by atoms with Crippen molar-refractivity contribution in [3.8, 4) is 5.75 Å². The van der Waals surface area contributed by atoms with Crippen LogP contribution in [-0.2, 0) is 15.8 Å². The van der Waals surface area contributed by atoms with Crippen LogP contribution in [0.5, 0.6) is 5.75 Å². The molecule has 5 nitrogen and oxygen atoms in total. The normalized spacial score (nSPS) is 17.7. The number of anilines is 1. The molecular formula is C26H19F4NO4. The number of amides is 1. The maximum atomic E-state index is 14.0. The van der Waals surface area contributed by atoms with Gasteiger partial charge in [0.2, 0.25) is 0 Å². The summed E-state index contributed by atoms with van der Waals surface area (Å²) in [5.74, 6) is -3.43. The van der Waals surface area contributed by atoms with E-state index < -0.39 is 41.0 Å². The number of carbonyl (C=O) groups is 2. The zero-order chi connectivity index (χ0) is 25.5. The molecule has 0 radical (unpaired) electrons. The second-order valence-electron chi connectivity index (χ2n) is 7.91. The van der Waals surface area contributed by atoms with Gasteiger partial charge in [-0.3, -0.25) is 14.5 Å². The molecule has 0 aliphatic carbocycles. The fraction of sp³-hybridized carbons (Fsp3) is 0.154. The van der Waals surface area contributed by atoms with Crippen molar-refractivity contribution in [2.24, 2.45) is 0 Å². The fourth-order valence-electron chi connectivity index (χ4n) is 4.11. The Morgan fingerprint density at radius 3 is 2.26 bits per heavy atom. The molecule has 1 unspecified atom stereocenters. The summed E-state index contributed by atoms with van der Waals surface area (Å²) in [5, 5.41) is 11.2. The van der Waals surface area contributed by atoms with Crippen LogP contribution >= 0.6 is 0 Å². The second kappa shape index (κ2) is 8.90. The van der Waals surface area contributed by atoms with Gasteiger partial charge in [0.25, 0.3) is 11.7 Å². The SMILES string of the molecule is COc1ccc(F)cc1/C(O)=C1\C(=O)C(=O)N(c2ccc(C(F)(F)F)cc2)C1c1ccccc1C. The maximum absolute atomic E-state index is 14.0. The molecule has 1 saturated heterocycles. The van der Waals surface area contributed by atoms with Crippen molar-refractivity contribution in [1.82, 2.24) is 0 Å². The number of ketones is 1. The minimum absolute atomic E-state index is 0.0265. The molecular weight excluding hydrogens is 466 g/mol. The van der Waals surface area contributed by atoms with Crippen LogP contribution in [0.3, 0.4) is 0 Å². The number of ether oxygens (including phenoxy) is 1. The van der Waals surface area contributed by atoms with Crippen LogP contribution in [0.1, 0.15) is 28.3 Å². The van der Waals surface area contributed by atoms with E-state index in [1.54, 1.807) is 31.2 Å². The molecule has 1 atom stereocenters. The van der Waals surface area contributed by atoms with Gasteiger partial charge in [-0.05, 0) is 60.5 Å². The summed E-state index contributed by atoms with van der Waals surface area (Å²) in [6, 6.07) is 12.7. The number of aryl methyl sites for hydroxylation is 1. The average Bonchev–Trinajstić information content (AvgIpc) is 3.08. The van der Waals surface area contributed by atoms with Crippen molar-refractivity contribution in [3.05, 3.63) is 100 Å². The number of halogens is 4. The van der Waals surface area contributed by atoms with E-state index in [0.717, 1.165) is 41.3 Å². The Balaban J connectivity index is 1.97. The van der Waals surface area contributed by atoms with Gasteiger partial charge in [-0.25, -0.2) is 4.39 Å². The second-order valence-corrected chi connectivity index (χ2v) is 7.91. The van der Waals surface area contributed by atoms with Gasteiger partial charge in [-0.15, -0.1) is 0 Å². The number of aliphatic hydroxyl groups is 1. The summed E-state index contributed by atoms with van der Waals surface area (Å²) in [7, 11) is 1.30. The lowest BCUT2D eigenvalue weighted by Crippen LogP contribution is -2.29. The van der Waals surface area contributed by atoms with E-state index in [1.807, 2.05) is 0 Å². The largest absolute Gasteiger partial charge is 0.507 e. The third-order valence-corrected chi connectivity index (χ3v) is 5.82. The summed E-state index contributed by atoms with van der Waals surface area (Å²) in [4.78, 5) is 27.4. The number of alkyl halides is 3. The van der Waals surface area contributed by atoms with Crippen molar-refractivity contribution >= 4 is 23.1 Å². The highest BCUT2D eigenvalue weighted by Crippen LogP contribution is 2.44. The van der Waals surface area contributed by atoms with Crippen molar-refractivity contribution in [2.75, 3.05) is 12.0 Å². The summed E-state index contributed by atoms with van der Waals surface area (Å²) < 4.78 is 58.4. The van der Waals surface area contributed by atoms with Gasteiger partial charge in [0.15, 0.2) is 0 Å². The average molecular weight is 485 g/mol. The highest BCUT2D eigenvalue weighted by molar-refractivity contribution is 6.51. The Hall–Kier alpha value is -4.14. The molecule has 4 rings (SSSR count). The van der Waals surface area contributed by atoms with Crippen LogP contribution in [0.25, 0.3) is 5.76 Å². The smallest absolute Gasteiger partial charge is 0.416 e. The molecule has 1 amide bonds. The predicted molar refractivity (Wildman–Crippen MR) is 120 cm³/mol. The standard InChI is InChI=1S/C26H19F4NO4/c1-14-5-3-4-6-18(14)22-21(23(32)19-13-16(27)9-12-20(19)35-2)24(33)25(34)31(22)17-10-7-15(8-11-17)26(28,29)30/h3-13,22,32H,1-2H3/b23-21+. The molecule has 3 aromatic rings. The Bertz CT molecular complexity index is 1350. The summed E-state index contributed by atoms with van der Waals surface area (Å²) in [6.07, 6.45) is -4.59. The highest BCUT2D eigenvalue weighted by atomic mass is 19.4. The topological polar surface area (TPSA) is 66.8 Å². The molecule has 180 valence electrons. The summed E-state index contributed by atoms with van der Waals surface area (Å²) in [6.45, 7) is 1.73. The molecule has 0 spiro atoms. The van der Waals surface area contributed by atoms with Gasteiger partial charge >= 0.3 is 6.18 Å². The number of Topliss-reactive ketones (excluding diaryl/α,β-unsaturated/α-hetero) is 1. The number of hydrogen-bond acceptors (Lipinski definition) is 4. The molecule has 0 saturated carbocycles. The lowest BCUT2D eigenvalue weighted by atomic mass is 9.92. The molecule has 1 N–H and O–H groups in total. The van der Waals surface area contributed by atoms with Crippen LogP contribution in [0.15, 0.2) is 72.3 Å². The van der Waals surface area contributed by atoms with Crippen LogP contribution < -0.4 is 9.64 Å². The number of rotatable bonds is 4. The van der Waals surface area contributed by atoms with Gasteiger partial charge < -0.3 is 9.84 Å². The van der Waals surface area contributed by atoms with Gasteiger partial charge in [0.1, 0.15) is 17.3 Å². The number of methoxy groups -OCH3 is 1. The van der Waals surface area contributed by atoms with Crippen LogP contribution in [0, 0.1) is 12.7 Å². The molecule has 3 aromatic carbocycles. The zero-order valence-corrected chi connectivity index (χ0v) is 18.6. The lowest BCUT2D eigenvalue weighted by Gasteiger charge is -2.27. The molecule has 0 bridgehead atoms. The number of hydrogen-bond donors (Lipinski definition) is 1. The quantitative estimate of drug-likeness (QED) is 0.220. The van der Waals surface area contributed by atoms with Crippen molar-refractivity contribution in [3.63, 3.8) is 0 Å². The highest BCUT2D eigenvalue weighted by Gasteiger charge is 2.47. The lowest BCUT2D eigenvalue weighted by molar-refractivity contribution is -0.137. The van der Waals surface area contributed by atoms with Crippen LogP contribution in [0.4, 0.5) is 23.2 Å². The number of carbonyl (C=O) groups excluding carboxylic acids is 2. The molecule has 9 heteroatoms. The minimum atomic E-state index is -4.59. The zero-order valence-electron chi connectivity index (χ0n) is 18.6. The van der Waals surface area contributed by atoms with E-state index in [1.165, 1.54) is 13.2 Å². The van der Waals surface area contributed by atoms with E-state index in [0.29, 0.717) is 11.1 Å². The molecule has 1 fully saturated rings. The van der Waals surface area contributed by atoms with E-state index in [4.69, 9.17) is 4.74 Å². The number of nitrogens with zero attached hydrogens (tertiary/aromatic N) is 1. The Kier molecular flexibility index (Phi) is 6.10. The third kappa shape index (κ3) is 4.25. The van der Waals surface area contributed by atoms with E-state index in [-0.39, 0.29) is 22.6 Å². The first-order valence-electron chi connectivity index (χ1n) is 10.4. The van der Waals surface area contributed by atoms with E-state index >= 15 is 0 Å². The fourth-order valence-corrected chi connectivity index (χ4v) is 4.11. The molecule has 1 heterocycles. The van der Waals surface area contributed by atoms with Crippen molar-refractivity contribution in [1.29, 1.82) is 0 Å². The summed E-state index contributed by atoms with van der Waals surface area (Å²) >= 11 is 0. The maximum Gasteiger partial charge on any atom is 0.416 e. The van der Waals surface area contributed by atoms with Crippen molar-refractivity contribution < 1.29 is 37.0 Å². The van der Waals surface area contributed by atoms with E-state index in [9.17, 15) is 32.3 Å². The van der Waals surface area contributed by atoms with Crippen LogP contribution in [0.2, 0.25) is 0 Å². The number of benzene rings is 3. The van der Waals surface area contributed by atoms with Crippen molar-refractivity contribution in [2.45, 2.75) is 19.1 Å². The molecule has 1 aliphatic heterocycles. The predicted octanol–water partition coefficient (Wildman–Crippen LogP) is 5.79. The molecule has 0 aromatic heterocycles. The van der Waals surface area contributed by atoms with Gasteiger partial charge in [-0.2, -0.15) is 13.2 Å². The first-order valence-corrected chi connectivity index (χ1v) is 10.4. The monoisotopic (exact) mass is 485 g/mol. The van der Waals surface area contributed by atoms with Crippen LogP contribution in [-0.4, -0.2) is 23.9 Å². The summed E-state index contributed by atoms with van der Waals surface area (Å²) in [5.41, 5.74) is -0.255. The third-order valence-electron chi connectivity index (χ3n) is 5.82. The first-order chi connectivity index (χ1) is 16.5. The van der Waals surface area contributed by atoms with E-state index in [2.05, 4.69) is 0 Å². The van der Waals surface area contributed by atoms with Gasteiger partial charge in [0.05, 0.1) is 29.9 Å². The van der Waals surface area contributed by atoms with Gasteiger partial charge in [0, 0.05) is 5.69 Å². The molecule has 35 heavy (non-hydrogen) atoms.